The highest BCUT2D eigenvalue weighted by molar-refractivity contribution is 9.10. The van der Waals surface area contributed by atoms with Gasteiger partial charge in [0, 0.05) is 17.6 Å². The van der Waals surface area contributed by atoms with Crippen LogP contribution in [0.1, 0.15) is 12.8 Å². The lowest BCUT2D eigenvalue weighted by Gasteiger charge is -2.16. The van der Waals surface area contributed by atoms with Gasteiger partial charge in [0.05, 0.1) is 5.69 Å². The van der Waals surface area contributed by atoms with Crippen molar-refractivity contribution in [2.45, 2.75) is 12.8 Å². The molecule has 0 bridgehead atoms. The van der Waals surface area contributed by atoms with Crippen LogP contribution in [-0.2, 0) is 0 Å². The summed E-state index contributed by atoms with van der Waals surface area (Å²) in [4.78, 5) is 13.4. The zero-order chi connectivity index (χ0) is 11.5. The zero-order valence-corrected chi connectivity index (χ0v) is 10.3. The highest BCUT2D eigenvalue weighted by Crippen LogP contribution is 2.20. The molecule has 0 aliphatic carbocycles. The molecule has 1 aliphatic rings. The number of amides is 2. The molecule has 2 rings (SSSR count). The van der Waals surface area contributed by atoms with Crippen LogP contribution in [-0.4, -0.2) is 24.0 Å². The molecule has 1 aliphatic heterocycles. The molecule has 1 N–H and O–H groups in total. The molecule has 0 spiro atoms. The lowest BCUT2D eigenvalue weighted by atomic mass is 10.3. The summed E-state index contributed by atoms with van der Waals surface area (Å²) in [6.45, 7) is 1.51. The smallest absolute Gasteiger partial charge is 0.321 e. The number of likely N-dealkylation sites (tertiary alicyclic amines) is 1. The Morgan fingerprint density at radius 2 is 2.06 bits per heavy atom. The summed E-state index contributed by atoms with van der Waals surface area (Å²) in [6.07, 6.45) is 2.05. The Hall–Kier alpha value is -1.10. The molecule has 3 nitrogen and oxygen atoms in total. The van der Waals surface area contributed by atoms with Crippen LogP contribution in [0.3, 0.4) is 0 Å². The highest BCUT2D eigenvalue weighted by atomic mass is 79.9. The van der Waals surface area contributed by atoms with Crippen LogP contribution < -0.4 is 5.32 Å². The zero-order valence-electron chi connectivity index (χ0n) is 8.67. The SMILES string of the molecule is O=C(Nc1ccc(Br)cc1F)N1CCCC1. The minimum Gasteiger partial charge on any atom is -0.325 e. The van der Waals surface area contributed by atoms with Gasteiger partial charge in [0.15, 0.2) is 0 Å². The third kappa shape index (κ3) is 2.52. The van der Waals surface area contributed by atoms with Crippen molar-refractivity contribution in [3.8, 4) is 0 Å². The van der Waals surface area contributed by atoms with Crippen LogP contribution in [0.25, 0.3) is 0 Å². The fourth-order valence-corrected chi connectivity index (χ4v) is 2.04. The van der Waals surface area contributed by atoms with Gasteiger partial charge in [-0.3, -0.25) is 0 Å². The van der Waals surface area contributed by atoms with Gasteiger partial charge in [-0.2, -0.15) is 0 Å². The minimum atomic E-state index is -0.429. The van der Waals surface area contributed by atoms with Crippen LogP contribution >= 0.6 is 15.9 Å². The summed E-state index contributed by atoms with van der Waals surface area (Å²) in [5.74, 6) is -0.429. The Balaban J connectivity index is 2.05. The summed E-state index contributed by atoms with van der Waals surface area (Å²) in [5, 5.41) is 2.57. The Labute approximate surface area is 102 Å². The van der Waals surface area contributed by atoms with Gasteiger partial charge < -0.3 is 10.2 Å². The van der Waals surface area contributed by atoms with Crippen LogP contribution in [0.4, 0.5) is 14.9 Å². The number of benzene rings is 1. The van der Waals surface area contributed by atoms with Gasteiger partial charge in [-0.05, 0) is 31.0 Å². The van der Waals surface area contributed by atoms with E-state index in [9.17, 15) is 9.18 Å². The fourth-order valence-electron chi connectivity index (χ4n) is 1.71. The van der Waals surface area contributed by atoms with E-state index in [1.54, 1.807) is 17.0 Å². The van der Waals surface area contributed by atoms with E-state index < -0.39 is 5.82 Å². The third-order valence-corrected chi connectivity index (χ3v) is 3.06. The summed E-state index contributed by atoms with van der Waals surface area (Å²) >= 11 is 3.17. The number of urea groups is 1. The second-order valence-corrected chi connectivity index (χ2v) is 4.66. The molecule has 1 heterocycles. The molecule has 0 saturated carbocycles. The number of rotatable bonds is 1. The van der Waals surface area contributed by atoms with Crippen molar-refractivity contribution in [1.29, 1.82) is 0 Å². The Morgan fingerprint density at radius 3 is 2.69 bits per heavy atom. The molecule has 5 heteroatoms. The molecular weight excluding hydrogens is 275 g/mol. The number of nitrogens with zero attached hydrogens (tertiary/aromatic N) is 1. The molecule has 0 atom stereocenters. The predicted molar refractivity (Wildman–Crippen MR) is 63.9 cm³/mol. The van der Waals surface area contributed by atoms with Gasteiger partial charge in [0.25, 0.3) is 0 Å². The summed E-state index contributed by atoms with van der Waals surface area (Å²) < 4.78 is 14.1. The van der Waals surface area contributed by atoms with Crippen molar-refractivity contribution in [1.82, 2.24) is 4.90 Å². The molecule has 1 saturated heterocycles. The van der Waals surface area contributed by atoms with Crippen molar-refractivity contribution in [3.63, 3.8) is 0 Å². The molecule has 1 fully saturated rings. The lowest BCUT2D eigenvalue weighted by molar-refractivity contribution is 0.222. The molecule has 1 aromatic rings. The maximum Gasteiger partial charge on any atom is 0.321 e. The van der Waals surface area contributed by atoms with E-state index in [0.29, 0.717) is 4.47 Å². The fraction of sp³-hybridized carbons (Fsp3) is 0.364. The number of anilines is 1. The average Bonchev–Trinajstić information content (AvgIpc) is 2.75. The van der Waals surface area contributed by atoms with Gasteiger partial charge in [-0.25, -0.2) is 9.18 Å². The van der Waals surface area contributed by atoms with Crippen molar-refractivity contribution < 1.29 is 9.18 Å². The van der Waals surface area contributed by atoms with Crippen LogP contribution in [0.15, 0.2) is 22.7 Å². The number of carbonyl (C=O) groups excluding carboxylic acids is 1. The quantitative estimate of drug-likeness (QED) is 0.845. The molecule has 0 unspecified atom stereocenters. The third-order valence-electron chi connectivity index (χ3n) is 2.57. The highest BCUT2D eigenvalue weighted by Gasteiger charge is 2.18. The maximum absolute atomic E-state index is 13.4. The molecule has 1 aromatic carbocycles. The summed E-state index contributed by atoms with van der Waals surface area (Å²) in [5.41, 5.74) is 0.222. The first-order valence-corrected chi connectivity index (χ1v) is 5.97. The number of carbonyl (C=O) groups is 1. The summed E-state index contributed by atoms with van der Waals surface area (Å²) in [6, 6.07) is 4.36. The largest absolute Gasteiger partial charge is 0.325 e. The minimum absolute atomic E-state index is 0.222. The first kappa shape index (κ1) is 11.4. The number of hydrogen-bond donors (Lipinski definition) is 1. The Kier molecular flexibility index (Phi) is 3.43. The molecule has 0 radical (unpaired) electrons. The molecule has 0 aromatic heterocycles. The standard InChI is InChI=1S/C11H12BrFN2O/c12-8-3-4-10(9(13)7-8)14-11(16)15-5-1-2-6-15/h3-4,7H,1-2,5-6H2,(H,14,16). The van der Waals surface area contributed by atoms with Gasteiger partial charge in [-0.15, -0.1) is 0 Å². The first-order valence-electron chi connectivity index (χ1n) is 5.18. The van der Waals surface area contributed by atoms with E-state index >= 15 is 0 Å². The normalized spacial score (nSPS) is 15.2. The van der Waals surface area contributed by atoms with E-state index in [1.807, 2.05) is 0 Å². The average molecular weight is 287 g/mol. The lowest BCUT2D eigenvalue weighted by Crippen LogP contribution is -2.32. The van der Waals surface area contributed by atoms with Crippen LogP contribution in [0.5, 0.6) is 0 Å². The van der Waals surface area contributed by atoms with E-state index in [1.165, 1.54) is 6.07 Å². The number of halogens is 2. The molecule has 2 amide bonds. The maximum atomic E-state index is 13.4. The second-order valence-electron chi connectivity index (χ2n) is 3.75. The number of hydrogen-bond acceptors (Lipinski definition) is 1. The van der Waals surface area contributed by atoms with Crippen molar-refractivity contribution in [2.24, 2.45) is 0 Å². The predicted octanol–water partition coefficient (Wildman–Crippen LogP) is 3.22. The van der Waals surface area contributed by atoms with Crippen molar-refractivity contribution in [2.75, 3.05) is 18.4 Å². The van der Waals surface area contributed by atoms with E-state index in [4.69, 9.17) is 0 Å². The monoisotopic (exact) mass is 286 g/mol. The second kappa shape index (κ2) is 4.82. The van der Waals surface area contributed by atoms with Crippen LogP contribution in [0.2, 0.25) is 0 Å². The molecular formula is C11H12BrFN2O. The van der Waals surface area contributed by atoms with E-state index in [2.05, 4.69) is 21.2 Å². The summed E-state index contributed by atoms with van der Waals surface area (Å²) in [7, 11) is 0. The van der Waals surface area contributed by atoms with E-state index in [0.717, 1.165) is 25.9 Å². The van der Waals surface area contributed by atoms with Crippen molar-refractivity contribution >= 4 is 27.6 Å². The first-order chi connectivity index (χ1) is 7.66. The molecule has 86 valence electrons. The number of nitrogens with one attached hydrogen (secondary N) is 1. The van der Waals surface area contributed by atoms with Crippen LogP contribution in [0, 0.1) is 5.82 Å². The van der Waals surface area contributed by atoms with Crippen molar-refractivity contribution in [3.05, 3.63) is 28.5 Å². The van der Waals surface area contributed by atoms with E-state index in [-0.39, 0.29) is 11.7 Å². The van der Waals surface area contributed by atoms with Gasteiger partial charge >= 0.3 is 6.03 Å². The molecule has 16 heavy (non-hydrogen) atoms. The Bertz CT molecular complexity index is 405. The van der Waals surface area contributed by atoms with Gasteiger partial charge in [-0.1, -0.05) is 15.9 Å². The Morgan fingerprint density at radius 1 is 1.38 bits per heavy atom. The topological polar surface area (TPSA) is 32.3 Å². The van der Waals surface area contributed by atoms with Gasteiger partial charge in [0.2, 0.25) is 0 Å². The van der Waals surface area contributed by atoms with Gasteiger partial charge in [0.1, 0.15) is 5.82 Å².